The third-order valence-electron chi connectivity index (χ3n) is 2.05. The van der Waals surface area contributed by atoms with Crippen LogP contribution in [0.3, 0.4) is 0 Å². The van der Waals surface area contributed by atoms with Crippen molar-refractivity contribution in [3.63, 3.8) is 0 Å². The molecule has 15 heavy (non-hydrogen) atoms. The van der Waals surface area contributed by atoms with E-state index < -0.39 is 0 Å². The van der Waals surface area contributed by atoms with Gasteiger partial charge in [-0.3, -0.25) is 0 Å². The third-order valence-corrected chi connectivity index (χ3v) is 2.05. The van der Waals surface area contributed by atoms with Gasteiger partial charge >= 0.3 is 0 Å². The van der Waals surface area contributed by atoms with Crippen molar-refractivity contribution in [2.75, 3.05) is 31.2 Å². The van der Waals surface area contributed by atoms with E-state index in [2.05, 4.69) is 10.6 Å². The Morgan fingerprint density at radius 2 is 2.20 bits per heavy atom. The van der Waals surface area contributed by atoms with Gasteiger partial charge in [0.15, 0.2) is 0 Å². The predicted molar refractivity (Wildman–Crippen MR) is 61.1 cm³/mol. The van der Waals surface area contributed by atoms with Crippen LogP contribution in [0, 0.1) is 11.2 Å². The van der Waals surface area contributed by atoms with Crippen molar-refractivity contribution in [3.8, 4) is 0 Å². The summed E-state index contributed by atoms with van der Waals surface area (Å²) in [5.41, 5.74) is 6.72. The van der Waals surface area contributed by atoms with E-state index in [-0.39, 0.29) is 5.82 Å². The van der Waals surface area contributed by atoms with Crippen molar-refractivity contribution in [1.29, 1.82) is 5.41 Å². The van der Waals surface area contributed by atoms with Crippen molar-refractivity contribution in [1.82, 2.24) is 5.32 Å². The number of benzene rings is 1. The molecule has 0 saturated heterocycles. The molecule has 1 aromatic rings. The van der Waals surface area contributed by atoms with Crippen LogP contribution in [0.1, 0.15) is 5.56 Å². The Labute approximate surface area is 88.2 Å². The fourth-order valence-electron chi connectivity index (χ4n) is 1.26. The Hall–Kier alpha value is -1.62. The van der Waals surface area contributed by atoms with Crippen LogP contribution < -0.4 is 16.4 Å². The molecule has 0 unspecified atom stereocenters. The van der Waals surface area contributed by atoms with E-state index in [1.807, 2.05) is 7.05 Å². The highest BCUT2D eigenvalue weighted by atomic mass is 19.1. The molecule has 0 atom stereocenters. The van der Waals surface area contributed by atoms with Crippen LogP contribution in [-0.4, -0.2) is 26.4 Å². The Balaban J connectivity index is 2.92. The zero-order valence-corrected chi connectivity index (χ0v) is 8.60. The second-order valence-corrected chi connectivity index (χ2v) is 3.10. The number of nitrogens with two attached hydrogens (primary N) is 1. The minimum Gasteiger partial charge on any atom is -0.398 e. The van der Waals surface area contributed by atoms with E-state index in [1.165, 1.54) is 12.1 Å². The van der Waals surface area contributed by atoms with Gasteiger partial charge in [0.25, 0.3) is 0 Å². The van der Waals surface area contributed by atoms with E-state index in [0.29, 0.717) is 30.0 Å². The predicted octanol–water partition coefficient (Wildman–Crippen LogP) is 1.04. The summed E-state index contributed by atoms with van der Waals surface area (Å²) >= 11 is 0. The summed E-state index contributed by atoms with van der Waals surface area (Å²) in [5.74, 6) is -0.390. The lowest BCUT2D eigenvalue weighted by atomic mass is 10.1. The minimum absolute atomic E-state index is 0.292. The molecule has 1 aromatic carbocycles. The first kappa shape index (κ1) is 11.5. The molecule has 0 heterocycles. The molecule has 0 fully saturated rings. The van der Waals surface area contributed by atoms with E-state index >= 15 is 0 Å². The Kier molecular flexibility index (Phi) is 4.05. The molecule has 5 N–H and O–H groups in total. The molecule has 1 rings (SSSR count). The standard InChI is InChI=1S/C10H15FN4/c1-14-4-5-15-10-7(6-12)9(13)3-2-8(10)11/h2-3,6,12,14-15H,4-5,13H2,1H3. The molecule has 0 saturated carbocycles. The van der Waals surface area contributed by atoms with E-state index in [1.54, 1.807) is 0 Å². The van der Waals surface area contributed by atoms with Crippen molar-refractivity contribution < 1.29 is 4.39 Å². The Morgan fingerprint density at radius 1 is 1.47 bits per heavy atom. The van der Waals surface area contributed by atoms with E-state index in [4.69, 9.17) is 11.1 Å². The molecule has 0 aliphatic carbocycles. The lowest BCUT2D eigenvalue weighted by molar-refractivity contribution is 0.629. The first-order chi connectivity index (χ1) is 7.20. The van der Waals surface area contributed by atoms with Crippen molar-refractivity contribution in [3.05, 3.63) is 23.5 Å². The number of hydrogen-bond acceptors (Lipinski definition) is 4. The Bertz CT molecular complexity index is 352. The van der Waals surface area contributed by atoms with Crippen LogP contribution in [0.25, 0.3) is 0 Å². The summed E-state index contributed by atoms with van der Waals surface area (Å²) in [6.07, 6.45) is 1.06. The van der Waals surface area contributed by atoms with Crippen molar-refractivity contribution in [2.45, 2.75) is 0 Å². The molecule has 82 valence electrons. The minimum atomic E-state index is -0.390. The molecule has 0 radical (unpaired) electrons. The second-order valence-electron chi connectivity index (χ2n) is 3.10. The smallest absolute Gasteiger partial charge is 0.147 e. The summed E-state index contributed by atoms with van der Waals surface area (Å²) in [4.78, 5) is 0. The monoisotopic (exact) mass is 210 g/mol. The molecular formula is C10H15FN4. The molecule has 0 aliphatic heterocycles. The van der Waals surface area contributed by atoms with Gasteiger partial charge in [0.2, 0.25) is 0 Å². The zero-order valence-electron chi connectivity index (χ0n) is 8.60. The van der Waals surface area contributed by atoms with Crippen LogP contribution >= 0.6 is 0 Å². The quantitative estimate of drug-likeness (QED) is 0.333. The molecule has 0 spiro atoms. The van der Waals surface area contributed by atoms with Crippen molar-refractivity contribution >= 4 is 17.6 Å². The molecule has 0 aliphatic rings. The maximum absolute atomic E-state index is 13.4. The van der Waals surface area contributed by atoms with Gasteiger partial charge in [0.1, 0.15) is 5.82 Å². The van der Waals surface area contributed by atoms with E-state index in [9.17, 15) is 4.39 Å². The molecule has 5 heteroatoms. The number of halogens is 1. The average Bonchev–Trinajstić information content (AvgIpc) is 2.23. The highest BCUT2D eigenvalue weighted by Crippen LogP contribution is 2.23. The van der Waals surface area contributed by atoms with Gasteiger partial charge in [-0.15, -0.1) is 0 Å². The number of hydrogen-bond donors (Lipinski definition) is 4. The van der Waals surface area contributed by atoms with Gasteiger partial charge in [0, 0.05) is 30.6 Å². The van der Waals surface area contributed by atoms with Crippen LogP contribution in [0.5, 0.6) is 0 Å². The second kappa shape index (κ2) is 5.31. The molecule has 4 nitrogen and oxygen atoms in total. The summed E-state index contributed by atoms with van der Waals surface area (Å²) in [7, 11) is 1.81. The van der Waals surface area contributed by atoms with Crippen LogP contribution in [0.4, 0.5) is 15.8 Å². The van der Waals surface area contributed by atoms with E-state index in [0.717, 1.165) is 6.21 Å². The third kappa shape index (κ3) is 2.66. The summed E-state index contributed by atoms with van der Waals surface area (Å²) in [5, 5.41) is 13.0. The SMILES string of the molecule is CNCCNc1c(F)ccc(N)c1C=N. The van der Waals surface area contributed by atoms with Gasteiger partial charge in [0.05, 0.1) is 5.69 Å². The fourth-order valence-corrected chi connectivity index (χ4v) is 1.26. The lowest BCUT2D eigenvalue weighted by Crippen LogP contribution is -2.19. The van der Waals surface area contributed by atoms with Crippen LogP contribution in [0.2, 0.25) is 0 Å². The van der Waals surface area contributed by atoms with Gasteiger partial charge in [-0.05, 0) is 19.2 Å². The van der Waals surface area contributed by atoms with Crippen molar-refractivity contribution in [2.24, 2.45) is 0 Å². The van der Waals surface area contributed by atoms with Crippen LogP contribution in [0.15, 0.2) is 12.1 Å². The highest BCUT2D eigenvalue weighted by molar-refractivity contribution is 5.92. The molecule has 0 amide bonds. The van der Waals surface area contributed by atoms with Gasteiger partial charge in [-0.25, -0.2) is 4.39 Å². The van der Waals surface area contributed by atoms with Gasteiger partial charge < -0.3 is 21.8 Å². The number of nitrogen functional groups attached to an aromatic ring is 1. The molecular weight excluding hydrogens is 195 g/mol. The Morgan fingerprint density at radius 3 is 2.80 bits per heavy atom. The maximum atomic E-state index is 13.4. The summed E-state index contributed by atoms with van der Waals surface area (Å²) in [6.45, 7) is 1.30. The molecule has 0 aromatic heterocycles. The molecule has 0 bridgehead atoms. The summed E-state index contributed by atoms with van der Waals surface area (Å²) < 4.78 is 13.4. The number of anilines is 2. The maximum Gasteiger partial charge on any atom is 0.147 e. The summed E-state index contributed by atoms with van der Waals surface area (Å²) in [6, 6.07) is 2.75. The zero-order chi connectivity index (χ0) is 11.3. The first-order valence-corrected chi connectivity index (χ1v) is 4.67. The first-order valence-electron chi connectivity index (χ1n) is 4.67. The number of likely N-dealkylation sites (N-methyl/N-ethyl adjacent to an activating group) is 1. The number of rotatable bonds is 5. The highest BCUT2D eigenvalue weighted by Gasteiger charge is 2.09. The fraction of sp³-hybridized carbons (Fsp3) is 0.300. The van der Waals surface area contributed by atoms with Gasteiger partial charge in [-0.1, -0.05) is 0 Å². The largest absolute Gasteiger partial charge is 0.398 e. The lowest BCUT2D eigenvalue weighted by Gasteiger charge is -2.11. The topological polar surface area (TPSA) is 73.9 Å². The van der Waals surface area contributed by atoms with Gasteiger partial charge in [-0.2, -0.15) is 0 Å². The normalized spacial score (nSPS) is 10.0. The average molecular weight is 210 g/mol. The van der Waals surface area contributed by atoms with Crippen LogP contribution in [-0.2, 0) is 0 Å². The number of nitrogens with one attached hydrogen (secondary N) is 3.